The van der Waals surface area contributed by atoms with Crippen LogP contribution in [-0.4, -0.2) is 16.0 Å². The summed E-state index contributed by atoms with van der Waals surface area (Å²) in [4.78, 5) is 8.60. The number of anilines is 1. The van der Waals surface area contributed by atoms with Gasteiger partial charge in [0.2, 0.25) is 0 Å². The first-order valence-electron chi connectivity index (χ1n) is 6.92. The van der Waals surface area contributed by atoms with E-state index in [-0.39, 0.29) is 0 Å². The molecule has 0 aliphatic carbocycles. The Labute approximate surface area is 129 Å². The Morgan fingerprint density at radius 2 is 1.71 bits per heavy atom. The average molecular weight is 298 g/mol. The highest BCUT2D eigenvalue weighted by Gasteiger charge is 2.05. The molecule has 0 aliphatic rings. The van der Waals surface area contributed by atoms with Crippen LogP contribution in [0.5, 0.6) is 0 Å². The fraction of sp³-hybridized carbons (Fsp3) is 0.176. The van der Waals surface area contributed by atoms with Crippen LogP contribution in [0.3, 0.4) is 0 Å². The van der Waals surface area contributed by atoms with Crippen molar-refractivity contribution in [3.8, 4) is 0 Å². The summed E-state index contributed by atoms with van der Waals surface area (Å²) in [5.74, 6) is 0. The fourth-order valence-corrected chi connectivity index (χ4v) is 2.49. The van der Waals surface area contributed by atoms with E-state index in [9.17, 15) is 0 Å². The molecule has 2 aromatic carbocycles. The molecule has 1 atom stereocenters. The van der Waals surface area contributed by atoms with E-state index in [1.165, 1.54) is 5.56 Å². The van der Waals surface area contributed by atoms with Gasteiger partial charge >= 0.3 is 0 Å². The molecule has 0 spiro atoms. The second kappa shape index (κ2) is 6.10. The molecule has 1 unspecified atom stereocenters. The molecule has 4 heteroatoms. The largest absolute Gasteiger partial charge is 0.382 e. The normalized spacial score (nSPS) is 12.3. The predicted molar refractivity (Wildman–Crippen MR) is 87.8 cm³/mol. The SMILES string of the molecule is CC(Cc1ccc(Cl)cc1)Nc1ccc2nccnc2c1. The molecule has 0 aliphatic heterocycles. The van der Waals surface area contributed by atoms with Gasteiger partial charge < -0.3 is 5.32 Å². The van der Waals surface area contributed by atoms with Crippen LogP contribution in [0.25, 0.3) is 11.0 Å². The molecule has 0 radical (unpaired) electrons. The molecule has 0 bridgehead atoms. The minimum absolute atomic E-state index is 0.320. The zero-order chi connectivity index (χ0) is 14.7. The number of nitrogens with one attached hydrogen (secondary N) is 1. The number of aromatic nitrogens is 2. The lowest BCUT2D eigenvalue weighted by Gasteiger charge is -2.15. The molecular weight excluding hydrogens is 282 g/mol. The van der Waals surface area contributed by atoms with Crippen LogP contribution in [0.1, 0.15) is 12.5 Å². The smallest absolute Gasteiger partial charge is 0.0907 e. The molecule has 0 fully saturated rings. The van der Waals surface area contributed by atoms with Crippen LogP contribution in [0.2, 0.25) is 5.02 Å². The van der Waals surface area contributed by atoms with Crippen molar-refractivity contribution in [3.63, 3.8) is 0 Å². The van der Waals surface area contributed by atoms with Crippen LogP contribution < -0.4 is 5.32 Å². The number of hydrogen-bond acceptors (Lipinski definition) is 3. The van der Waals surface area contributed by atoms with Crippen molar-refractivity contribution in [1.82, 2.24) is 9.97 Å². The molecule has 106 valence electrons. The summed E-state index contributed by atoms with van der Waals surface area (Å²) in [7, 11) is 0. The first kappa shape index (κ1) is 13.8. The summed E-state index contributed by atoms with van der Waals surface area (Å²) in [5, 5.41) is 4.27. The van der Waals surface area contributed by atoms with Gasteiger partial charge in [0.05, 0.1) is 11.0 Å². The van der Waals surface area contributed by atoms with Gasteiger partial charge in [-0.25, -0.2) is 0 Å². The van der Waals surface area contributed by atoms with Gasteiger partial charge in [-0.2, -0.15) is 0 Å². The third-order valence-electron chi connectivity index (χ3n) is 3.34. The lowest BCUT2D eigenvalue weighted by molar-refractivity contribution is 0.790. The topological polar surface area (TPSA) is 37.8 Å². The number of benzene rings is 2. The first-order chi connectivity index (χ1) is 10.2. The van der Waals surface area contributed by atoms with Gasteiger partial charge in [0, 0.05) is 29.1 Å². The summed E-state index contributed by atoms with van der Waals surface area (Å²) in [6, 6.07) is 14.3. The van der Waals surface area contributed by atoms with Crippen molar-refractivity contribution in [3.05, 3.63) is 65.4 Å². The van der Waals surface area contributed by atoms with Gasteiger partial charge in [-0.15, -0.1) is 0 Å². The third-order valence-corrected chi connectivity index (χ3v) is 3.59. The minimum atomic E-state index is 0.320. The predicted octanol–water partition coefficient (Wildman–Crippen LogP) is 4.33. The molecule has 3 nitrogen and oxygen atoms in total. The first-order valence-corrected chi connectivity index (χ1v) is 7.30. The summed E-state index contributed by atoms with van der Waals surface area (Å²) in [5.41, 5.74) is 4.14. The van der Waals surface area contributed by atoms with Crippen molar-refractivity contribution in [2.24, 2.45) is 0 Å². The van der Waals surface area contributed by atoms with E-state index in [1.807, 2.05) is 30.3 Å². The maximum absolute atomic E-state index is 5.90. The quantitative estimate of drug-likeness (QED) is 0.779. The maximum atomic E-state index is 5.90. The Kier molecular flexibility index (Phi) is 4.02. The Hall–Kier alpha value is -2.13. The molecule has 3 aromatic rings. The third kappa shape index (κ3) is 3.50. The molecule has 1 N–H and O–H groups in total. The average Bonchev–Trinajstić information content (AvgIpc) is 2.49. The highest BCUT2D eigenvalue weighted by atomic mass is 35.5. The zero-order valence-corrected chi connectivity index (χ0v) is 12.5. The Morgan fingerprint density at radius 1 is 1.00 bits per heavy atom. The molecule has 0 saturated heterocycles. The van der Waals surface area contributed by atoms with Crippen LogP contribution in [0.4, 0.5) is 5.69 Å². The van der Waals surface area contributed by atoms with E-state index < -0.39 is 0 Å². The lowest BCUT2D eigenvalue weighted by Crippen LogP contribution is -2.18. The number of halogens is 1. The molecule has 21 heavy (non-hydrogen) atoms. The zero-order valence-electron chi connectivity index (χ0n) is 11.8. The van der Waals surface area contributed by atoms with Gasteiger partial charge in [-0.1, -0.05) is 23.7 Å². The maximum Gasteiger partial charge on any atom is 0.0907 e. The highest BCUT2D eigenvalue weighted by molar-refractivity contribution is 6.30. The summed E-state index contributed by atoms with van der Waals surface area (Å²) < 4.78 is 0. The van der Waals surface area contributed by atoms with Gasteiger partial charge in [-0.3, -0.25) is 9.97 Å². The van der Waals surface area contributed by atoms with Gasteiger partial charge in [0.15, 0.2) is 0 Å². The summed E-state index contributed by atoms with van der Waals surface area (Å²) in [6.07, 6.45) is 4.36. The van der Waals surface area contributed by atoms with E-state index in [0.717, 1.165) is 28.2 Å². The van der Waals surface area contributed by atoms with E-state index >= 15 is 0 Å². The van der Waals surface area contributed by atoms with E-state index in [1.54, 1.807) is 12.4 Å². The van der Waals surface area contributed by atoms with E-state index in [4.69, 9.17) is 11.6 Å². The fourth-order valence-electron chi connectivity index (χ4n) is 2.36. The van der Waals surface area contributed by atoms with Crippen molar-refractivity contribution in [2.75, 3.05) is 5.32 Å². The molecule has 0 amide bonds. The Morgan fingerprint density at radius 3 is 2.48 bits per heavy atom. The summed E-state index contributed by atoms with van der Waals surface area (Å²) in [6.45, 7) is 2.16. The van der Waals surface area contributed by atoms with Crippen molar-refractivity contribution >= 4 is 28.3 Å². The van der Waals surface area contributed by atoms with Crippen LogP contribution >= 0.6 is 11.6 Å². The van der Waals surface area contributed by atoms with Gasteiger partial charge in [0.25, 0.3) is 0 Å². The molecule has 0 saturated carbocycles. The lowest BCUT2D eigenvalue weighted by atomic mass is 10.1. The van der Waals surface area contributed by atoms with E-state index in [2.05, 4.69) is 34.3 Å². The van der Waals surface area contributed by atoms with Gasteiger partial charge in [-0.05, 0) is 49.2 Å². The minimum Gasteiger partial charge on any atom is -0.382 e. The van der Waals surface area contributed by atoms with Crippen molar-refractivity contribution in [1.29, 1.82) is 0 Å². The standard InChI is InChI=1S/C17H16ClN3/c1-12(10-13-2-4-14(18)5-3-13)21-15-6-7-16-17(11-15)20-9-8-19-16/h2-9,11-12,21H,10H2,1H3. The Balaban J connectivity index is 1.70. The number of hydrogen-bond donors (Lipinski definition) is 1. The number of rotatable bonds is 4. The van der Waals surface area contributed by atoms with Crippen molar-refractivity contribution in [2.45, 2.75) is 19.4 Å². The van der Waals surface area contributed by atoms with E-state index in [0.29, 0.717) is 6.04 Å². The summed E-state index contributed by atoms with van der Waals surface area (Å²) >= 11 is 5.90. The molecule has 1 heterocycles. The monoisotopic (exact) mass is 297 g/mol. The van der Waals surface area contributed by atoms with Crippen LogP contribution in [0, 0.1) is 0 Å². The molecular formula is C17H16ClN3. The highest BCUT2D eigenvalue weighted by Crippen LogP contribution is 2.17. The van der Waals surface area contributed by atoms with Gasteiger partial charge in [0.1, 0.15) is 0 Å². The van der Waals surface area contributed by atoms with Crippen LogP contribution in [-0.2, 0) is 6.42 Å². The second-order valence-electron chi connectivity index (χ2n) is 5.14. The Bertz CT molecular complexity index is 740. The van der Waals surface area contributed by atoms with Crippen LogP contribution in [0.15, 0.2) is 54.9 Å². The number of fused-ring (bicyclic) bond motifs is 1. The molecule has 1 aromatic heterocycles. The number of nitrogens with zero attached hydrogens (tertiary/aromatic N) is 2. The second-order valence-corrected chi connectivity index (χ2v) is 5.57. The van der Waals surface area contributed by atoms with Crippen molar-refractivity contribution < 1.29 is 0 Å². The molecule has 3 rings (SSSR count).